The van der Waals surface area contributed by atoms with Crippen LogP contribution in [0.1, 0.15) is 26.3 Å². The van der Waals surface area contributed by atoms with Crippen LogP contribution in [0.25, 0.3) is 0 Å². The molecular formula is C19H13F3N2O5. The molecule has 0 saturated heterocycles. The van der Waals surface area contributed by atoms with E-state index in [0.29, 0.717) is 4.90 Å². The molecule has 0 bridgehead atoms. The minimum absolute atomic E-state index is 0.124. The summed E-state index contributed by atoms with van der Waals surface area (Å²) in [5, 5.41) is 2.17. The summed E-state index contributed by atoms with van der Waals surface area (Å²) >= 11 is 0. The van der Waals surface area contributed by atoms with Crippen LogP contribution in [-0.4, -0.2) is 41.7 Å². The first-order valence-electron chi connectivity index (χ1n) is 8.25. The number of rotatable bonds is 5. The van der Waals surface area contributed by atoms with Gasteiger partial charge in [0.05, 0.1) is 16.7 Å². The van der Waals surface area contributed by atoms with Crippen molar-refractivity contribution in [2.45, 2.75) is 6.18 Å². The van der Waals surface area contributed by atoms with E-state index >= 15 is 0 Å². The van der Waals surface area contributed by atoms with Gasteiger partial charge in [-0.3, -0.25) is 24.1 Å². The molecule has 0 aromatic heterocycles. The van der Waals surface area contributed by atoms with E-state index in [9.17, 15) is 32.3 Å². The minimum Gasteiger partial charge on any atom is -0.454 e. The van der Waals surface area contributed by atoms with E-state index in [0.717, 1.165) is 18.2 Å². The molecule has 0 unspecified atom stereocenters. The first-order chi connectivity index (χ1) is 13.7. The molecule has 1 N–H and O–H groups in total. The third-order valence-electron chi connectivity index (χ3n) is 4.00. The summed E-state index contributed by atoms with van der Waals surface area (Å²) in [6, 6.07) is 9.98. The Morgan fingerprint density at radius 3 is 2.17 bits per heavy atom. The topological polar surface area (TPSA) is 92.8 Å². The lowest BCUT2D eigenvalue weighted by Crippen LogP contribution is -2.36. The molecule has 0 radical (unpaired) electrons. The fourth-order valence-electron chi connectivity index (χ4n) is 2.67. The van der Waals surface area contributed by atoms with E-state index in [1.807, 2.05) is 0 Å². The molecule has 2 aromatic carbocycles. The largest absolute Gasteiger partial charge is 0.454 e. The van der Waals surface area contributed by atoms with Crippen LogP contribution in [0.5, 0.6) is 0 Å². The second-order valence-corrected chi connectivity index (χ2v) is 6.03. The van der Waals surface area contributed by atoms with Crippen LogP contribution in [0.4, 0.5) is 18.9 Å². The molecule has 3 amide bonds. The zero-order valence-electron chi connectivity index (χ0n) is 14.7. The fourth-order valence-corrected chi connectivity index (χ4v) is 2.67. The molecule has 3 rings (SSSR count). The first-order valence-corrected chi connectivity index (χ1v) is 8.25. The van der Waals surface area contributed by atoms with Crippen LogP contribution in [0.2, 0.25) is 0 Å². The number of hydrogen-bond donors (Lipinski definition) is 1. The minimum atomic E-state index is -4.57. The number of esters is 1. The molecular weight excluding hydrogens is 393 g/mol. The van der Waals surface area contributed by atoms with Gasteiger partial charge >= 0.3 is 12.1 Å². The van der Waals surface area contributed by atoms with Crippen LogP contribution in [0, 0.1) is 0 Å². The number of imide groups is 1. The van der Waals surface area contributed by atoms with Gasteiger partial charge in [0, 0.05) is 5.69 Å². The Morgan fingerprint density at radius 2 is 1.59 bits per heavy atom. The second-order valence-electron chi connectivity index (χ2n) is 6.03. The van der Waals surface area contributed by atoms with Crippen molar-refractivity contribution in [3.05, 3.63) is 65.2 Å². The molecule has 1 heterocycles. The van der Waals surface area contributed by atoms with Gasteiger partial charge in [-0.1, -0.05) is 18.2 Å². The molecule has 10 heteroatoms. The number of carbonyl (C=O) groups is 4. The van der Waals surface area contributed by atoms with E-state index in [-0.39, 0.29) is 16.8 Å². The van der Waals surface area contributed by atoms with E-state index in [1.54, 1.807) is 12.1 Å². The number of nitrogens with one attached hydrogen (secondary N) is 1. The van der Waals surface area contributed by atoms with E-state index < -0.39 is 48.6 Å². The number of hydrogen-bond acceptors (Lipinski definition) is 5. The van der Waals surface area contributed by atoms with Crippen LogP contribution in [-0.2, 0) is 20.5 Å². The van der Waals surface area contributed by atoms with E-state index in [1.165, 1.54) is 18.2 Å². The van der Waals surface area contributed by atoms with Crippen molar-refractivity contribution in [2.75, 3.05) is 18.5 Å². The van der Waals surface area contributed by atoms with Crippen molar-refractivity contribution in [1.82, 2.24) is 4.90 Å². The Kier molecular flexibility index (Phi) is 5.35. The van der Waals surface area contributed by atoms with Gasteiger partial charge in [-0.25, -0.2) is 0 Å². The number of carbonyl (C=O) groups excluding carboxylic acids is 4. The third-order valence-corrected chi connectivity index (χ3v) is 4.00. The average Bonchev–Trinajstić information content (AvgIpc) is 2.91. The highest BCUT2D eigenvalue weighted by Gasteiger charge is 2.36. The Morgan fingerprint density at radius 1 is 0.966 bits per heavy atom. The highest BCUT2D eigenvalue weighted by Crippen LogP contribution is 2.30. The molecule has 7 nitrogen and oxygen atoms in total. The molecule has 2 aromatic rings. The lowest BCUT2D eigenvalue weighted by molar-refractivity contribution is -0.147. The van der Waals surface area contributed by atoms with Crippen molar-refractivity contribution in [1.29, 1.82) is 0 Å². The van der Waals surface area contributed by atoms with Gasteiger partial charge in [0.1, 0.15) is 6.54 Å². The molecule has 0 fully saturated rings. The highest BCUT2D eigenvalue weighted by molar-refractivity contribution is 6.22. The van der Waals surface area contributed by atoms with Crippen LogP contribution in [0.15, 0.2) is 48.5 Å². The number of halogens is 3. The van der Waals surface area contributed by atoms with Crippen LogP contribution < -0.4 is 5.32 Å². The standard InChI is InChI=1S/C19H13F3N2O5/c20-19(21,22)11-4-3-5-12(8-11)23-15(25)10-29-16(26)9-24-17(27)13-6-1-2-7-14(13)18(24)28/h1-8H,9-10H2,(H,23,25). The van der Waals surface area contributed by atoms with E-state index in [4.69, 9.17) is 4.74 Å². The fraction of sp³-hybridized carbons (Fsp3) is 0.158. The van der Waals surface area contributed by atoms with Gasteiger partial charge in [-0.2, -0.15) is 13.2 Å². The Labute approximate surface area is 162 Å². The smallest absolute Gasteiger partial charge is 0.416 e. The number of fused-ring (bicyclic) bond motifs is 1. The van der Waals surface area contributed by atoms with Crippen molar-refractivity contribution in [2.24, 2.45) is 0 Å². The SMILES string of the molecule is O=C(COC(=O)CN1C(=O)c2ccccc2C1=O)Nc1cccc(C(F)(F)F)c1. The van der Waals surface area contributed by atoms with Gasteiger partial charge in [-0.15, -0.1) is 0 Å². The summed E-state index contributed by atoms with van der Waals surface area (Å²) in [7, 11) is 0. The predicted octanol–water partition coefficient (Wildman–Crippen LogP) is 2.48. The van der Waals surface area contributed by atoms with Crippen LogP contribution in [0.3, 0.4) is 0 Å². The summed E-state index contributed by atoms with van der Waals surface area (Å²) in [5.41, 5.74) is -0.751. The summed E-state index contributed by atoms with van der Waals surface area (Å²) in [4.78, 5) is 48.7. The van der Waals surface area contributed by atoms with Gasteiger partial charge in [0.25, 0.3) is 17.7 Å². The highest BCUT2D eigenvalue weighted by atomic mass is 19.4. The summed E-state index contributed by atoms with van der Waals surface area (Å²) in [6.07, 6.45) is -4.57. The van der Waals surface area contributed by atoms with Crippen molar-refractivity contribution >= 4 is 29.4 Å². The summed E-state index contributed by atoms with van der Waals surface area (Å²) in [6.45, 7) is -1.48. The Balaban J connectivity index is 1.53. The monoisotopic (exact) mass is 406 g/mol. The van der Waals surface area contributed by atoms with Crippen molar-refractivity contribution in [3.8, 4) is 0 Å². The molecule has 1 aliphatic rings. The van der Waals surface area contributed by atoms with Crippen LogP contribution >= 0.6 is 0 Å². The third kappa shape index (κ3) is 4.42. The average molecular weight is 406 g/mol. The van der Waals surface area contributed by atoms with Crippen molar-refractivity contribution in [3.63, 3.8) is 0 Å². The van der Waals surface area contributed by atoms with Gasteiger partial charge in [0.2, 0.25) is 0 Å². The maximum absolute atomic E-state index is 12.7. The number of ether oxygens (including phenoxy) is 1. The molecule has 0 spiro atoms. The predicted molar refractivity (Wildman–Crippen MR) is 92.8 cm³/mol. The maximum atomic E-state index is 12.7. The number of anilines is 1. The molecule has 0 saturated carbocycles. The number of amides is 3. The molecule has 29 heavy (non-hydrogen) atoms. The first kappa shape index (κ1) is 20.1. The maximum Gasteiger partial charge on any atom is 0.416 e. The van der Waals surface area contributed by atoms with Crippen molar-refractivity contribution < 1.29 is 37.1 Å². The zero-order valence-corrected chi connectivity index (χ0v) is 14.7. The Hall–Kier alpha value is -3.69. The lowest BCUT2D eigenvalue weighted by Gasteiger charge is -2.13. The number of nitrogens with zero attached hydrogens (tertiary/aromatic N) is 1. The number of alkyl halides is 3. The molecule has 1 aliphatic heterocycles. The Bertz CT molecular complexity index is 968. The molecule has 0 aliphatic carbocycles. The van der Waals surface area contributed by atoms with Gasteiger partial charge < -0.3 is 10.1 Å². The normalized spacial score (nSPS) is 13.3. The zero-order chi connectivity index (χ0) is 21.2. The second kappa shape index (κ2) is 7.74. The van der Waals surface area contributed by atoms with Gasteiger partial charge in [-0.05, 0) is 30.3 Å². The number of benzene rings is 2. The lowest BCUT2D eigenvalue weighted by atomic mass is 10.1. The molecule has 150 valence electrons. The van der Waals surface area contributed by atoms with E-state index in [2.05, 4.69) is 5.32 Å². The summed E-state index contributed by atoms with van der Waals surface area (Å²) in [5.74, 6) is -3.20. The summed E-state index contributed by atoms with van der Waals surface area (Å²) < 4.78 is 42.7. The van der Waals surface area contributed by atoms with Gasteiger partial charge in [0.15, 0.2) is 6.61 Å². The molecule has 0 atom stereocenters. The quantitative estimate of drug-likeness (QED) is 0.608.